The van der Waals surface area contributed by atoms with Crippen molar-refractivity contribution in [1.29, 1.82) is 0 Å². The van der Waals surface area contributed by atoms with Crippen LogP contribution in [0.4, 0.5) is 13.2 Å². The van der Waals surface area contributed by atoms with Crippen LogP contribution >= 0.6 is 0 Å². The summed E-state index contributed by atoms with van der Waals surface area (Å²) >= 11 is 0. The molecule has 0 saturated carbocycles. The molecule has 0 heterocycles. The van der Waals surface area contributed by atoms with Crippen LogP contribution in [-0.2, 0) is 14.8 Å². The lowest BCUT2D eigenvalue weighted by Gasteiger charge is -2.28. The van der Waals surface area contributed by atoms with Gasteiger partial charge in [-0.3, -0.25) is 4.79 Å². The number of amides is 1. The third kappa shape index (κ3) is 6.64. The Bertz CT molecular complexity index is 459. The van der Waals surface area contributed by atoms with Gasteiger partial charge in [0.1, 0.15) is 6.04 Å². The summed E-state index contributed by atoms with van der Waals surface area (Å²) in [5, 5.41) is 2.30. The van der Waals surface area contributed by atoms with Crippen molar-refractivity contribution in [2.45, 2.75) is 46.3 Å². The summed E-state index contributed by atoms with van der Waals surface area (Å²) in [6, 6.07) is -1.08. The van der Waals surface area contributed by atoms with Gasteiger partial charge in [0.05, 0.1) is 11.2 Å². The lowest BCUT2D eigenvalue weighted by Crippen LogP contribution is -2.50. The van der Waals surface area contributed by atoms with E-state index in [4.69, 9.17) is 0 Å². The summed E-state index contributed by atoms with van der Waals surface area (Å²) in [7, 11) is -2.92. The highest BCUT2D eigenvalue weighted by atomic mass is 32.2. The summed E-state index contributed by atoms with van der Waals surface area (Å²) in [6.45, 7) is 5.18. The van der Waals surface area contributed by atoms with E-state index in [2.05, 4.69) is 10.0 Å². The summed E-state index contributed by atoms with van der Waals surface area (Å²) < 4.78 is 64.2. The summed E-state index contributed by atoms with van der Waals surface area (Å²) in [6.07, 6.45) is -4.45. The molecule has 0 rings (SSSR count). The smallest absolute Gasteiger partial charge is 0.358 e. The first-order valence-corrected chi connectivity index (χ1v) is 8.15. The second kappa shape index (κ2) is 6.95. The van der Waals surface area contributed by atoms with Crippen molar-refractivity contribution in [3.05, 3.63) is 0 Å². The minimum absolute atomic E-state index is 0.00521. The molecule has 1 atom stereocenters. The van der Waals surface area contributed by atoms with E-state index >= 15 is 0 Å². The number of carbonyl (C=O) groups is 1. The van der Waals surface area contributed by atoms with Gasteiger partial charge in [0, 0.05) is 7.05 Å². The molecular formula is C12H23F3N2O3S. The Kier molecular flexibility index (Phi) is 6.68. The van der Waals surface area contributed by atoms with Gasteiger partial charge in [-0.1, -0.05) is 27.7 Å². The molecule has 0 fully saturated rings. The molecule has 9 heteroatoms. The predicted molar refractivity (Wildman–Crippen MR) is 74.1 cm³/mol. The number of nitrogens with one attached hydrogen (secondary N) is 2. The Morgan fingerprint density at radius 3 is 2.00 bits per heavy atom. The Labute approximate surface area is 123 Å². The Balaban J connectivity index is 5.11. The maximum Gasteiger partial charge on any atom is 0.395 e. The van der Waals surface area contributed by atoms with Crippen LogP contribution in [0.1, 0.15) is 34.1 Å². The maximum atomic E-state index is 12.8. The van der Waals surface area contributed by atoms with Crippen LogP contribution in [0.15, 0.2) is 0 Å². The van der Waals surface area contributed by atoms with Crippen LogP contribution in [0, 0.1) is 11.3 Å². The first kappa shape index (κ1) is 20.2. The maximum absolute atomic E-state index is 12.8. The van der Waals surface area contributed by atoms with E-state index in [1.165, 1.54) is 7.05 Å². The Hall–Kier alpha value is -0.830. The number of carbonyl (C=O) groups excluding carboxylic acids is 1. The van der Waals surface area contributed by atoms with Crippen molar-refractivity contribution in [1.82, 2.24) is 10.0 Å². The van der Waals surface area contributed by atoms with Gasteiger partial charge in [-0.25, -0.2) is 13.1 Å². The molecule has 0 aromatic rings. The van der Waals surface area contributed by atoms with Gasteiger partial charge in [-0.05, 0) is 12.3 Å². The number of halogens is 3. The van der Waals surface area contributed by atoms with Crippen molar-refractivity contribution in [2.75, 3.05) is 12.8 Å². The van der Waals surface area contributed by atoms with Gasteiger partial charge in [0.25, 0.3) is 0 Å². The van der Waals surface area contributed by atoms with E-state index < -0.39 is 39.3 Å². The lowest BCUT2D eigenvalue weighted by atomic mass is 9.96. The van der Waals surface area contributed by atoms with Gasteiger partial charge >= 0.3 is 6.18 Å². The highest BCUT2D eigenvalue weighted by Gasteiger charge is 2.50. The van der Waals surface area contributed by atoms with Crippen molar-refractivity contribution in [3.63, 3.8) is 0 Å². The lowest BCUT2D eigenvalue weighted by molar-refractivity contribution is -0.203. The normalized spacial score (nSPS) is 15.1. The zero-order valence-corrected chi connectivity index (χ0v) is 13.7. The van der Waals surface area contributed by atoms with Crippen molar-refractivity contribution in [3.8, 4) is 0 Å². The zero-order valence-electron chi connectivity index (χ0n) is 12.8. The fourth-order valence-electron chi connectivity index (χ4n) is 1.67. The molecule has 0 radical (unpaired) electrons. The molecule has 0 aliphatic rings. The molecular weight excluding hydrogens is 309 g/mol. The van der Waals surface area contributed by atoms with E-state index in [1.54, 1.807) is 13.8 Å². The molecule has 0 aromatic heterocycles. The Morgan fingerprint density at radius 2 is 1.67 bits per heavy atom. The minimum Gasteiger partial charge on any atom is -0.358 e. The van der Waals surface area contributed by atoms with Crippen LogP contribution in [0.2, 0.25) is 0 Å². The van der Waals surface area contributed by atoms with Gasteiger partial charge in [-0.15, -0.1) is 0 Å². The fraction of sp³-hybridized carbons (Fsp3) is 0.917. The molecule has 0 unspecified atom stereocenters. The van der Waals surface area contributed by atoms with E-state index in [-0.39, 0.29) is 12.3 Å². The molecule has 0 aromatic carbocycles. The topological polar surface area (TPSA) is 75.3 Å². The second-order valence-electron chi connectivity index (χ2n) is 6.05. The molecule has 0 saturated heterocycles. The molecule has 0 aliphatic heterocycles. The predicted octanol–water partition coefficient (Wildman–Crippen LogP) is 1.65. The average Bonchev–Trinajstić information content (AvgIpc) is 2.22. The minimum atomic E-state index is -4.65. The summed E-state index contributed by atoms with van der Waals surface area (Å²) in [5.74, 6) is -1.70. The van der Waals surface area contributed by atoms with Crippen molar-refractivity contribution < 1.29 is 26.4 Å². The van der Waals surface area contributed by atoms with Crippen LogP contribution in [0.3, 0.4) is 0 Å². The Morgan fingerprint density at radius 1 is 1.19 bits per heavy atom. The summed E-state index contributed by atoms with van der Waals surface area (Å²) in [5.41, 5.74) is -2.40. The fourth-order valence-corrected chi connectivity index (χ4v) is 3.50. The molecule has 5 nitrogen and oxygen atoms in total. The molecule has 21 heavy (non-hydrogen) atoms. The SMILES string of the molecule is CNC(=O)[C@H](CC(C)C)NS(=O)(=O)CC(C)(C)C(F)(F)F. The van der Waals surface area contributed by atoms with E-state index in [0.717, 1.165) is 13.8 Å². The largest absolute Gasteiger partial charge is 0.395 e. The van der Waals surface area contributed by atoms with Crippen LogP contribution in [0.25, 0.3) is 0 Å². The highest BCUT2D eigenvalue weighted by molar-refractivity contribution is 7.89. The van der Waals surface area contributed by atoms with E-state index in [0.29, 0.717) is 0 Å². The number of alkyl halides is 3. The second-order valence-corrected chi connectivity index (χ2v) is 7.81. The first-order valence-electron chi connectivity index (χ1n) is 6.50. The van der Waals surface area contributed by atoms with Crippen molar-refractivity contribution >= 4 is 15.9 Å². The monoisotopic (exact) mass is 332 g/mol. The standard InChI is InChI=1S/C12H23F3N2O3S/c1-8(2)6-9(10(18)16-5)17-21(19,20)7-11(3,4)12(13,14)15/h8-9,17H,6-7H2,1-5H3,(H,16,18)/t9-/m0/s1. The van der Waals surface area contributed by atoms with Gasteiger partial charge in [0.2, 0.25) is 15.9 Å². The van der Waals surface area contributed by atoms with Gasteiger partial charge in [-0.2, -0.15) is 13.2 Å². The van der Waals surface area contributed by atoms with Gasteiger partial charge < -0.3 is 5.32 Å². The molecule has 2 N–H and O–H groups in total. The molecule has 1 amide bonds. The summed E-state index contributed by atoms with van der Waals surface area (Å²) in [4.78, 5) is 11.6. The number of sulfonamides is 1. The third-order valence-electron chi connectivity index (χ3n) is 2.91. The van der Waals surface area contributed by atoms with Crippen LogP contribution in [0.5, 0.6) is 0 Å². The van der Waals surface area contributed by atoms with Crippen LogP contribution in [-0.4, -0.2) is 39.3 Å². The molecule has 0 spiro atoms. The molecule has 0 aliphatic carbocycles. The first-order chi connectivity index (χ1) is 9.22. The van der Waals surface area contributed by atoms with E-state index in [9.17, 15) is 26.4 Å². The highest BCUT2D eigenvalue weighted by Crippen LogP contribution is 2.38. The quantitative estimate of drug-likeness (QED) is 0.744. The number of hydrogen-bond acceptors (Lipinski definition) is 3. The number of likely N-dealkylation sites (N-methyl/N-ethyl adjacent to an activating group) is 1. The van der Waals surface area contributed by atoms with Gasteiger partial charge in [0.15, 0.2) is 0 Å². The zero-order chi connectivity index (χ0) is 17.1. The molecule has 0 bridgehead atoms. The third-order valence-corrected chi connectivity index (χ3v) is 4.66. The molecule has 126 valence electrons. The van der Waals surface area contributed by atoms with E-state index in [1.807, 2.05) is 0 Å². The van der Waals surface area contributed by atoms with Crippen LogP contribution < -0.4 is 10.0 Å². The van der Waals surface area contributed by atoms with Crippen molar-refractivity contribution in [2.24, 2.45) is 11.3 Å². The number of hydrogen-bond donors (Lipinski definition) is 2. The average molecular weight is 332 g/mol. The number of rotatable bonds is 7.